The Morgan fingerprint density at radius 3 is 2.74 bits per heavy atom. The molecular formula is C22H21F4N5O3. The molecule has 180 valence electrons. The summed E-state index contributed by atoms with van der Waals surface area (Å²) in [5, 5.41) is 21.8. The Labute approximate surface area is 190 Å². The molecule has 2 bridgehead atoms. The van der Waals surface area contributed by atoms with Gasteiger partial charge in [-0.3, -0.25) is 4.79 Å². The van der Waals surface area contributed by atoms with Crippen LogP contribution in [0.25, 0.3) is 22.4 Å². The van der Waals surface area contributed by atoms with Crippen molar-refractivity contribution >= 4 is 16.8 Å². The minimum atomic E-state index is -4.55. The zero-order chi connectivity index (χ0) is 24.2. The molecule has 3 aromatic rings. The molecular weight excluding hydrogens is 458 g/mol. The van der Waals surface area contributed by atoms with E-state index < -0.39 is 30.0 Å². The van der Waals surface area contributed by atoms with Crippen molar-refractivity contribution < 1.29 is 27.1 Å². The number of aromatic hydroxyl groups is 1. The first-order valence-corrected chi connectivity index (χ1v) is 10.8. The Morgan fingerprint density at radius 1 is 1.24 bits per heavy atom. The number of nitrogens with one attached hydrogen (secondary N) is 1. The van der Waals surface area contributed by atoms with Crippen LogP contribution >= 0.6 is 0 Å². The van der Waals surface area contributed by atoms with E-state index in [2.05, 4.69) is 20.5 Å². The molecule has 0 radical (unpaired) electrons. The first-order chi connectivity index (χ1) is 16.1. The summed E-state index contributed by atoms with van der Waals surface area (Å²) in [5.74, 6) is -0.590. The van der Waals surface area contributed by atoms with Gasteiger partial charge in [-0.1, -0.05) is 0 Å². The van der Waals surface area contributed by atoms with Gasteiger partial charge in [0.15, 0.2) is 17.1 Å². The van der Waals surface area contributed by atoms with Crippen LogP contribution in [0, 0.1) is 0 Å². The van der Waals surface area contributed by atoms with Crippen LogP contribution in [-0.4, -0.2) is 57.8 Å². The van der Waals surface area contributed by atoms with Crippen molar-refractivity contribution in [1.82, 2.24) is 20.5 Å². The van der Waals surface area contributed by atoms with E-state index in [4.69, 9.17) is 4.42 Å². The van der Waals surface area contributed by atoms with E-state index in [1.165, 1.54) is 12.3 Å². The number of benzene rings is 1. The van der Waals surface area contributed by atoms with Gasteiger partial charge in [0.1, 0.15) is 29.7 Å². The summed E-state index contributed by atoms with van der Waals surface area (Å²) >= 11 is 0. The molecule has 0 spiro atoms. The van der Waals surface area contributed by atoms with Crippen LogP contribution in [-0.2, 0) is 6.42 Å². The summed E-state index contributed by atoms with van der Waals surface area (Å²) in [6.07, 6.45) is -3.24. The SMILES string of the molecule is CN(c1cnc(-c2cc3c(=O)cc(CC(F)(F)F)oc3cc2O)nn1)[C@@H]1CC2CCC(N2)[C@@H]1F. The second-order valence-corrected chi connectivity index (χ2v) is 8.78. The molecule has 5 rings (SSSR count). The third-order valence-corrected chi connectivity index (χ3v) is 6.47. The van der Waals surface area contributed by atoms with Crippen LogP contribution in [0.3, 0.4) is 0 Å². The minimum absolute atomic E-state index is 0.00232. The van der Waals surface area contributed by atoms with E-state index in [0.717, 1.165) is 25.0 Å². The fourth-order valence-electron chi connectivity index (χ4n) is 4.78. The Morgan fingerprint density at radius 2 is 2.03 bits per heavy atom. The molecule has 0 amide bonds. The fourth-order valence-corrected chi connectivity index (χ4v) is 4.78. The summed E-state index contributed by atoms with van der Waals surface area (Å²) in [4.78, 5) is 18.3. The smallest absolute Gasteiger partial charge is 0.396 e. The number of aromatic nitrogens is 3. The monoisotopic (exact) mass is 479 g/mol. The second kappa shape index (κ2) is 8.19. The average Bonchev–Trinajstić information content (AvgIpc) is 3.18. The van der Waals surface area contributed by atoms with Crippen LogP contribution in [0.2, 0.25) is 0 Å². The summed E-state index contributed by atoms with van der Waals surface area (Å²) < 4.78 is 58.0. The maximum atomic E-state index is 14.9. The van der Waals surface area contributed by atoms with Crippen molar-refractivity contribution in [3.8, 4) is 17.1 Å². The predicted molar refractivity (Wildman–Crippen MR) is 114 cm³/mol. The Kier molecular flexibility index (Phi) is 5.42. The van der Waals surface area contributed by atoms with Gasteiger partial charge in [-0.05, 0) is 25.3 Å². The summed E-state index contributed by atoms with van der Waals surface area (Å²) in [6.45, 7) is 0. The summed E-state index contributed by atoms with van der Waals surface area (Å²) in [7, 11) is 1.73. The Balaban J connectivity index is 1.42. The normalized spacial score (nSPS) is 24.5. The highest BCUT2D eigenvalue weighted by molar-refractivity contribution is 5.85. The van der Waals surface area contributed by atoms with Crippen LogP contribution in [0.4, 0.5) is 23.4 Å². The highest BCUT2D eigenvalue weighted by atomic mass is 19.4. The largest absolute Gasteiger partial charge is 0.507 e. The van der Waals surface area contributed by atoms with Crippen molar-refractivity contribution in [3.05, 3.63) is 40.4 Å². The van der Waals surface area contributed by atoms with Crippen LogP contribution in [0.5, 0.6) is 5.75 Å². The molecule has 1 aromatic carbocycles. The van der Waals surface area contributed by atoms with Gasteiger partial charge in [-0.15, -0.1) is 10.2 Å². The topological polar surface area (TPSA) is 104 Å². The fraction of sp³-hybridized carbons (Fsp3) is 0.455. The van der Waals surface area contributed by atoms with Crippen molar-refractivity contribution in [3.63, 3.8) is 0 Å². The quantitative estimate of drug-likeness (QED) is 0.550. The van der Waals surface area contributed by atoms with Gasteiger partial charge in [0, 0.05) is 31.3 Å². The first-order valence-electron chi connectivity index (χ1n) is 10.8. The number of rotatable bonds is 4. The van der Waals surface area contributed by atoms with Crippen LogP contribution in [0.1, 0.15) is 25.0 Å². The molecule has 2 saturated heterocycles. The van der Waals surface area contributed by atoms with E-state index in [1.54, 1.807) is 11.9 Å². The predicted octanol–water partition coefficient (Wildman–Crippen LogP) is 3.12. The van der Waals surface area contributed by atoms with E-state index in [0.29, 0.717) is 12.2 Å². The molecule has 0 aliphatic carbocycles. The number of phenols is 1. The molecule has 2 N–H and O–H groups in total. The number of fused-ring (bicyclic) bond motifs is 3. The number of anilines is 1. The van der Waals surface area contributed by atoms with Crippen molar-refractivity contribution in [2.75, 3.05) is 11.9 Å². The summed E-state index contributed by atoms with van der Waals surface area (Å²) in [5.41, 5.74) is -0.819. The molecule has 2 aliphatic heterocycles. The van der Waals surface area contributed by atoms with Gasteiger partial charge < -0.3 is 19.7 Å². The lowest BCUT2D eigenvalue weighted by molar-refractivity contribution is -0.130. The maximum Gasteiger partial charge on any atom is 0.396 e. The number of piperidine rings is 1. The number of halogens is 4. The summed E-state index contributed by atoms with van der Waals surface area (Å²) in [6, 6.07) is 2.79. The zero-order valence-corrected chi connectivity index (χ0v) is 18.0. The average molecular weight is 479 g/mol. The van der Waals surface area contributed by atoms with Crippen molar-refractivity contribution in [1.29, 1.82) is 0 Å². The molecule has 2 aliphatic rings. The van der Waals surface area contributed by atoms with Gasteiger partial charge >= 0.3 is 6.18 Å². The highest BCUT2D eigenvalue weighted by Gasteiger charge is 2.44. The molecule has 8 nitrogen and oxygen atoms in total. The standard InChI is InChI=1S/C22H21F4N5O3/c1-31(15-4-10-2-3-14(28-10)20(15)23)19-9-27-21(30-29-19)13-6-12-16(32)5-11(8-22(24,25)26)34-18(12)7-17(13)33/h5-7,9-10,14-15,20,28,33H,2-4,8H2,1H3/t10?,14?,15-,20+/m1/s1. The molecule has 4 atom stereocenters. The number of hydrogen-bond donors (Lipinski definition) is 2. The highest BCUT2D eigenvalue weighted by Crippen LogP contribution is 2.34. The third kappa shape index (κ3) is 4.17. The number of alkyl halides is 4. The van der Waals surface area contributed by atoms with Crippen molar-refractivity contribution in [2.24, 2.45) is 0 Å². The van der Waals surface area contributed by atoms with Crippen molar-refractivity contribution in [2.45, 2.75) is 56.2 Å². The van der Waals surface area contributed by atoms with Gasteiger partial charge in [0.25, 0.3) is 0 Å². The lowest BCUT2D eigenvalue weighted by atomic mass is 9.96. The van der Waals surface area contributed by atoms with Gasteiger partial charge in [0.2, 0.25) is 0 Å². The molecule has 2 unspecified atom stereocenters. The number of hydrogen-bond acceptors (Lipinski definition) is 8. The van der Waals surface area contributed by atoms with E-state index in [-0.39, 0.29) is 46.2 Å². The molecule has 4 heterocycles. The van der Waals surface area contributed by atoms with E-state index in [9.17, 15) is 27.5 Å². The van der Waals surface area contributed by atoms with Gasteiger partial charge in [-0.25, -0.2) is 9.37 Å². The Bertz CT molecular complexity index is 1280. The van der Waals surface area contributed by atoms with Crippen LogP contribution < -0.4 is 15.6 Å². The van der Waals surface area contributed by atoms with Crippen LogP contribution in [0.15, 0.2) is 33.6 Å². The first kappa shape index (κ1) is 22.5. The van der Waals surface area contributed by atoms with E-state index in [1.807, 2.05) is 0 Å². The third-order valence-electron chi connectivity index (χ3n) is 6.47. The molecule has 2 fully saturated rings. The lowest BCUT2D eigenvalue weighted by Crippen LogP contribution is -2.55. The minimum Gasteiger partial charge on any atom is -0.507 e. The molecule has 0 saturated carbocycles. The molecule has 34 heavy (non-hydrogen) atoms. The zero-order valence-electron chi connectivity index (χ0n) is 18.0. The second-order valence-electron chi connectivity index (χ2n) is 8.78. The lowest BCUT2D eigenvalue weighted by Gasteiger charge is -2.38. The molecule has 2 aromatic heterocycles. The molecule has 12 heteroatoms. The Hall–Kier alpha value is -3.28. The number of phenolic OH excluding ortho intramolecular Hbond substituents is 1. The number of nitrogens with zero attached hydrogens (tertiary/aromatic N) is 4. The van der Waals surface area contributed by atoms with E-state index >= 15 is 0 Å². The van der Waals surface area contributed by atoms with Gasteiger partial charge in [0.05, 0.1) is 23.2 Å². The van der Waals surface area contributed by atoms with Gasteiger partial charge in [-0.2, -0.15) is 13.2 Å². The maximum absolute atomic E-state index is 14.9.